The van der Waals surface area contributed by atoms with E-state index >= 15 is 0 Å². The summed E-state index contributed by atoms with van der Waals surface area (Å²) in [4.78, 5) is 24.7. The summed E-state index contributed by atoms with van der Waals surface area (Å²) in [6.07, 6.45) is 2.74. The van der Waals surface area contributed by atoms with Crippen molar-refractivity contribution in [2.75, 3.05) is 25.0 Å². The minimum absolute atomic E-state index is 0.162. The standard InChI is InChI=1S/C16H20BrFN2O3/c17-12-4-5-14(13(18)8-12)19-15(21)10-20-7-1-2-11(9-20)3-6-16(22)23/h4-5,8,11H,1-3,6-7,9-10H2,(H,19,21)(H,22,23). The molecule has 0 radical (unpaired) electrons. The lowest BCUT2D eigenvalue weighted by atomic mass is 9.93. The van der Waals surface area contributed by atoms with Gasteiger partial charge in [0.05, 0.1) is 12.2 Å². The molecule has 1 atom stereocenters. The SMILES string of the molecule is O=C(O)CCC1CCCN(CC(=O)Nc2ccc(Br)cc2F)C1. The molecule has 1 amide bonds. The van der Waals surface area contributed by atoms with E-state index < -0.39 is 11.8 Å². The molecule has 2 rings (SSSR count). The van der Waals surface area contributed by atoms with Crippen LogP contribution in [-0.4, -0.2) is 41.5 Å². The second-order valence-corrected chi connectivity index (χ2v) is 6.76. The van der Waals surface area contributed by atoms with Gasteiger partial charge in [-0.1, -0.05) is 15.9 Å². The van der Waals surface area contributed by atoms with Gasteiger partial charge in [-0.15, -0.1) is 0 Å². The number of carbonyl (C=O) groups excluding carboxylic acids is 1. The van der Waals surface area contributed by atoms with Crippen LogP contribution in [0, 0.1) is 11.7 Å². The van der Waals surface area contributed by atoms with Crippen LogP contribution in [-0.2, 0) is 9.59 Å². The third-order valence-corrected chi connectivity index (χ3v) is 4.44. The lowest BCUT2D eigenvalue weighted by Gasteiger charge is -2.32. The number of nitrogens with one attached hydrogen (secondary N) is 1. The summed E-state index contributed by atoms with van der Waals surface area (Å²) in [6, 6.07) is 4.49. The Kier molecular flexibility index (Phi) is 6.53. The molecule has 5 nitrogen and oxygen atoms in total. The Balaban J connectivity index is 1.83. The molecule has 1 aromatic carbocycles. The van der Waals surface area contributed by atoms with Gasteiger partial charge in [0.2, 0.25) is 5.91 Å². The average Bonchev–Trinajstić information content (AvgIpc) is 2.48. The van der Waals surface area contributed by atoms with Crippen LogP contribution in [0.3, 0.4) is 0 Å². The molecule has 1 aliphatic heterocycles. The molecule has 0 bridgehead atoms. The molecule has 1 fully saturated rings. The number of hydrogen-bond donors (Lipinski definition) is 2. The molecule has 7 heteroatoms. The molecular weight excluding hydrogens is 367 g/mol. The summed E-state index contributed by atoms with van der Waals surface area (Å²) >= 11 is 3.17. The zero-order chi connectivity index (χ0) is 16.8. The highest BCUT2D eigenvalue weighted by Crippen LogP contribution is 2.22. The fourth-order valence-corrected chi connectivity index (χ4v) is 3.17. The predicted octanol–water partition coefficient (Wildman–Crippen LogP) is 3.10. The van der Waals surface area contributed by atoms with Crippen molar-refractivity contribution in [1.29, 1.82) is 0 Å². The number of halogens is 2. The summed E-state index contributed by atoms with van der Waals surface area (Å²) in [6.45, 7) is 1.71. The summed E-state index contributed by atoms with van der Waals surface area (Å²) in [5, 5.41) is 11.3. The first kappa shape index (κ1) is 17.9. The van der Waals surface area contributed by atoms with Gasteiger partial charge in [-0.25, -0.2) is 4.39 Å². The van der Waals surface area contributed by atoms with Crippen LogP contribution in [0.4, 0.5) is 10.1 Å². The molecule has 1 aliphatic rings. The number of benzene rings is 1. The Hall–Kier alpha value is -1.47. The van der Waals surface area contributed by atoms with Crippen molar-refractivity contribution in [3.05, 3.63) is 28.5 Å². The van der Waals surface area contributed by atoms with E-state index in [1.165, 1.54) is 12.1 Å². The van der Waals surface area contributed by atoms with Crippen LogP contribution in [0.25, 0.3) is 0 Å². The van der Waals surface area contributed by atoms with E-state index in [0.29, 0.717) is 23.4 Å². The first-order valence-corrected chi connectivity index (χ1v) is 8.42. The predicted molar refractivity (Wildman–Crippen MR) is 88.8 cm³/mol. The highest BCUT2D eigenvalue weighted by Gasteiger charge is 2.22. The molecule has 0 spiro atoms. The Morgan fingerprint density at radius 1 is 1.43 bits per heavy atom. The summed E-state index contributed by atoms with van der Waals surface area (Å²) in [5.41, 5.74) is 0.164. The van der Waals surface area contributed by atoms with Gasteiger partial charge in [0.1, 0.15) is 5.82 Å². The van der Waals surface area contributed by atoms with Crippen molar-refractivity contribution < 1.29 is 19.1 Å². The smallest absolute Gasteiger partial charge is 0.303 e. The molecule has 1 unspecified atom stereocenters. The van der Waals surface area contributed by atoms with E-state index in [0.717, 1.165) is 19.4 Å². The highest BCUT2D eigenvalue weighted by atomic mass is 79.9. The quantitative estimate of drug-likeness (QED) is 0.787. The minimum atomic E-state index is -0.786. The van der Waals surface area contributed by atoms with Crippen molar-refractivity contribution in [3.8, 4) is 0 Å². The second-order valence-electron chi connectivity index (χ2n) is 5.85. The number of aliphatic carboxylic acids is 1. The Morgan fingerprint density at radius 2 is 2.22 bits per heavy atom. The number of anilines is 1. The Morgan fingerprint density at radius 3 is 2.91 bits per heavy atom. The van der Waals surface area contributed by atoms with Gasteiger partial charge in [0.25, 0.3) is 0 Å². The average molecular weight is 387 g/mol. The summed E-state index contributed by atoms with van der Waals surface area (Å²) in [7, 11) is 0. The first-order chi connectivity index (χ1) is 10.9. The maximum atomic E-state index is 13.7. The number of amides is 1. The molecular formula is C16H20BrFN2O3. The largest absolute Gasteiger partial charge is 0.481 e. The van der Waals surface area contributed by atoms with Gasteiger partial charge >= 0.3 is 5.97 Å². The van der Waals surface area contributed by atoms with Crippen molar-refractivity contribution in [2.24, 2.45) is 5.92 Å². The number of likely N-dealkylation sites (tertiary alicyclic amines) is 1. The molecule has 2 N–H and O–H groups in total. The molecule has 1 saturated heterocycles. The fourth-order valence-electron chi connectivity index (χ4n) is 2.84. The van der Waals surface area contributed by atoms with Crippen molar-refractivity contribution in [2.45, 2.75) is 25.7 Å². The van der Waals surface area contributed by atoms with Crippen LogP contribution in [0.2, 0.25) is 0 Å². The van der Waals surface area contributed by atoms with E-state index in [4.69, 9.17) is 5.11 Å². The van der Waals surface area contributed by atoms with Crippen molar-refractivity contribution in [3.63, 3.8) is 0 Å². The zero-order valence-electron chi connectivity index (χ0n) is 12.7. The third kappa shape index (κ3) is 5.91. The van der Waals surface area contributed by atoms with Gasteiger partial charge in [-0.2, -0.15) is 0 Å². The maximum absolute atomic E-state index is 13.7. The minimum Gasteiger partial charge on any atom is -0.481 e. The van der Waals surface area contributed by atoms with Crippen molar-refractivity contribution >= 4 is 33.5 Å². The summed E-state index contributed by atoms with van der Waals surface area (Å²) in [5.74, 6) is -1.22. The van der Waals surface area contributed by atoms with Crippen molar-refractivity contribution in [1.82, 2.24) is 4.90 Å². The van der Waals surface area contributed by atoms with Crippen LogP contribution < -0.4 is 5.32 Å². The number of piperidine rings is 1. The van der Waals surface area contributed by atoms with Gasteiger partial charge in [-0.3, -0.25) is 14.5 Å². The third-order valence-electron chi connectivity index (χ3n) is 3.94. The zero-order valence-corrected chi connectivity index (χ0v) is 14.3. The number of carboxylic acids is 1. The number of nitrogens with zero attached hydrogens (tertiary/aromatic N) is 1. The monoisotopic (exact) mass is 386 g/mol. The number of carbonyl (C=O) groups is 2. The van der Waals surface area contributed by atoms with Crippen LogP contribution in [0.5, 0.6) is 0 Å². The number of rotatable bonds is 6. The lowest BCUT2D eigenvalue weighted by molar-refractivity contribution is -0.137. The Labute approximate surface area is 143 Å². The molecule has 126 valence electrons. The Bertz CT molecular complexity index is 582. The van der Waals surface area contributed by atoms with Crippen LogP contribution >= 0.6 is 15.9 Å². The second kappa shape index (κ2) is 8.40. The summed E-state index contributed by atoms with van der Waals surface area (Å²) < 4.78 is 14.3. The van der Waals surface area contributed by atoms with E-state index in [1.807, 2.05) is 4.90 Å². The fraction of sp³-hybridized carbons (Fsp3) is 0.500. The molecule has 0 aliphatic carbocycles. The molecule has 0 saturated carbocycles. The number of carboxylic acid groups (broad SMARTS) is 1. The van der Waals surface area contributed by atoms with E-state index in [9.17, 15) is 14.0 Å². The molecule has 1 aromatic rings. The molecule has 23 heavy (non-hydrogen) atoms. The van der Waals surface area contributed by atoms with Gasteiger partial charge in [0, 0.05) is 17.4 Å². The van der Waals surface area contributed by atoms with Gasteiger partial charge in [-0.05, 0) is 49.9 Å². The van der Waals surface area contributed by atoms with E-state index in [1.54, 1.807) is 6.07 Å². The topological polar surface area (TPSA) is 69.6 Å². The van der Waals surface area contributed by atoms with Gasteiger partial charge in [0.15, 0.2) is 0 Å². The highest BCUT2D eigenvalue weighted by molar-refractivity contribution is 9.10. The van der Waals surface area contributed by atoms with E-state index in [-0.39, 0.29) is 24.6 Å². The normalized spacial score (nSPS) is 18.6. The lowest BCUT2D eigenvalue weighted by Crippen LogP contribution is -2.40. The number of hydrogen-bond acceptors (Lipinski definition) is 3. The van der Waals surface area contributed by atoms with E-state index in [2.05, 4.69) is 21.2 Å². The maximum Gasteiger partial charge on any atom is 0.303 e. The van der Waals surface area contributed by atoms with Crippen LogP contribution in [0.1, 0.15) is 25.7 Å². The molecule has 1 heterocycles. The first-order valence-electron chi connectivity index (χ1n) is 7.63. The van der Waals surface area contributed by atoms with Crippen LogP contribution in [0.15, 0.2) is 22.7 Å². The molecule has 0 aromatic heterocycles. The van der Waals surface area contributed by atoms with Gasteiger partial charge < -0.3 is 10.4 Å².